The van der Waals surface area contributed by atoms with Gasteiger partial charge in [-0.25, -0.2) is 5.84 Å². The number of piperidine rings is 1. The van der Waals surface area contributed by atoms with E-state index in [1.54, 1.807) is 12.1 Å². The fourth-order valence-corrected chi connectivity index (χ4v) is 6.47. The number of hydrogen-bond acceptors (Lipinski definition) is 8. The van der Waals surface area contributed by atoms with E-state index in [4.69, 9.17) is 16.3 Å². The van der Waals surface area contributed by atoms with Gasteiger partial charge in [-0.2, -0.15) is 0 Å². The normalized spacial score (nSPS) is 24.3. The van der Waals surface area contributed by atoms with Crippen molar-refractivity contribution in [3.63, 3.8) is 0 Å². The number of carbonyl (C=O) groups excluding carboxylic acids is 1. The number of ether oxygens (including phenoxy) is 1. The van der Waals surface area contributed by atoms with E-state index in [-0.39, 0.29) is 18.4 Å². The second-order valence-electron chi connectivity index (χ2n) is 9.76. The third kappa shape index (κ3) is 7.18. The van der Waals surface area contributed by atoms with Gasteiger partial charge in [0.15, 0.2) is 0 Å². The highest BCUT2D eigenvalue weighted by Crippen LogP contribution is 2.37. The molecule has 34 heavy (non-hydrogen) atoms. The lowest BCUT2D eigenvalue weighted by Crippen LogP contribution is -2.43. The molecule has 2 aliphatic heterocycles. The Kier molecular flexibility index (Phi) is 10.2. The van der Waals surface area contributed by atoms with Crippen molar-refractivity contribution in [2.45, 2.75) is 57.9 Å². The molecule has 2 aliphatic rings. The minimum atomic E-state index is 0.169. The van der Waals surface area contributed by atoms with Crippen LogP contribution in [0.2, 0.25) is 0 Å². The van der Waals surface area contributed by atoms with Crippen LogP contribution in [0.25, 0.3) is 0 Å². The Hall–Kier alpha value is -1.65. The minimum Gasteiger partial charge on any atom is -0.400 e. The molecular weight excluding hydrogens is 450 g/mol. The third-order valence-electron chi connectivity index (χ3n) is 7.08. The molecule has 3 heterocycles. The maximum atomic E-state index is 12.2. The number of nitrogens with two attached hydrogens (primary N) is 2. The number of aliphatic hydroxyl groups excluding tert-OH is 1. The average molecular weight is 494 g/mol. The van der Waals surface area contributed by atoms with E-state index in [9.17, 15) is 9.90 Å². The molecule has 5 N–H and O–H groups in total. The summed E-state index contributed by atoms with van der Waals surface area (Å²) in [6.07, 6.45) is 6.36. The number of aryl methyl sites for hydroxylation is 1. The summed E-state index contributed by atoms with van der Waals surface area (Å²) in [6, 6.07) is 2.79. The molecule has 192 valence electrons. The summed E-state index contributed by atoms with van der Waals surface area (Å²) in [5.74, 6) is 7.15. The molecule has 0 aromatic carbocycles. The van der Waals surface area contributed by atoms with Crippen LogP contribution in [-0.2, 0) is 22.4 Å². The fourth-order valence-electron chi connectivity index (χ4n) is 5.29. The van der Waals surface area contributed by atoms with Gasteiger partial charge in [0.05, 0.1) is 6.61 Å². The monoisotopic (exact) mass is 493 g/mol. The SMILES string of the molecule is CCc1cc(C2CCN(C/C(N)=C/N(N)CC3CC(=O)N(CCOC)C3)C(C)C2)c(CCO)s1. The topological polar surface area (TPSA) is 108 Å². The molecule has 9 heteroatoms. The van der Waals surface area contributed by atoms with Gasteiger partial charge in [-0.05, 0) is 50.3 Å². The van der Waals surface area contributed by atoms with E-state index >= 15 is 0 Å². The Labute approximate surface area is 208 Å². The summed E-state index contributed by atoms with van der Waals surface area (Å²) < 4.78 is 5.09. The maximum Gasteiger partial charge on any atom is 0.223 e. The van der Waals surface area contributed by atoms with Crippen molar-refractivity contribution in [3.05, 3.63) is 33.3 Å². The number of methoxy groups -OCH3 is 1. The number of likely N-dealkylation sites (tertiary alicyclic amines) is 2. The highest BCUT2D eigenvalue weighted by Gasteiger charge is 2.31. The summed E-state index contributed by atoms with van der Waals surface area (Å²) in [7, 11) is 1.65. The summed E-state index contributed by atoms with van der Waals surface area (Å²) in [5.41, 5.74) is 8.57. The van der Waals surface area contributed by atoms with Crippen molar-refractivity contribution in [3.8, 4) is 0 Å². The molecule has 1 amide bonds. The van der Waals surface area contributed by atoms with E-state index in [1.807, 2.05) is 22.4 Å². The zero-order chi connectivity index (χ0) is 24.7. The van der Waals surface area contributed by atoms with E-state index in [0.29, 0.717) is 44.6 Å². The molecule has 3 atom stereocenters. The lowest BCUT2D eigenvalue weighted by molar-refractivity contribution is -0.128. The first-order valence-electron chi connectivity index (χ1n) is 12.5. The quantitative estimate of drug-likeness (QED) is 0.301. The standard InChI is InChI=1S/C25H43N5O3S/c1-4-22-13-23(24(34-22)6-9-31)20-5-7-28(18(2)11-20)16-21(26)17-30(27)15-19-12-25(32)29(14-19)8-10-33-3/h13,17-20,31H,4-12,14-16,26-27H2,1-3H3/b21-17-. The number of carbonyl (C=O) groups is 1. The van der Waals surface area contributed by atoms with Gasteiger partial charge in [0.2, 0.25) is 5.91 Å². The Morgan fingerprint density at radius 2 is 2.24 bits per heavy atom. The average Bonchev–Trinajstić information content (AvgIpc) is 3.36. The first-order valence-corrected chi connectivity index (χ1v) is 13.4. The van der Waals surface area contributed by atoms with Crippen molar-refractivity contribution in [1.29, 1.82) is 0 Å². The first kappa shape index (κ1) is 26.9. The van der Waals surface area contributed by atoms with E-state index in [1.165, 1.54) is 15.3 Å². The third-order valence-corrected chi connectivity index (χ3v) is 8.43. The van der Waals surface area contributed by atoms with Gasteiger partial charge in [-0.15, -0.1) is 11.3 Å². The van der Waals surface area contributed by atoms with Gasteiger partial charge in [0.1, 0.15) is 0 Å². The zero-order valence-electron chi connectivity index (χ0n) is 21.0. The van der Waals surface area contributed by atoms with E-state index in [0.717, 1.165) is 44.5 Å². The number of rotatable bonds is 12. The number of hydrogen-bond donors (Lipinski definition) is 3. The van der Waals surface area contributed by atoms with Crippen LogP contribution in [0.15, 0.2) is 18.0 Å². The molecule has 3 unspecified atom stereocenters. The van der Waals surface area contributed by atoms with E-state index in [2.05, 4.69) is 24.8 Å². The Morgan fingerprint density at radius 3 is 2.91 bits per heavy atom. The molecule has 8 nitrogen and oxygen atoms in total. The maximum absolute atomic E-state index is 12.2. The van der Waals surface area contributed by atoms with Gasteiger partial charge in [-0.1, -0.05) is 6.92 Å². The van der Waals surface area contributed by atoms with Gasteiger partial charge in [-0.3, -0.25) is 9.69 Å². The predicted molar refractivity (Wildman–Crippen MR) is 137 cm³/mol. The Bertz CT molecular complexity index is 829. The van der Waals surface area contributed by atoms with Gasteiger partial charge >= 0.3 is 0 Å². The number of hydrazine groups is 1. The highest BCUT2D eigenvalue weighted by atomic mass is 32.1. The molecule has 2 fully saturated rings. The fraction of sp³-hybridized carbons (Fsp3) is 0.720. The molecular formula is C25H43N5O3S. The van der Waals surface area contributed by atoms with Crippen LogP contribution in [0.5, 0.6) is 0 Å². The van der Waals surface area contributed by atoms with Crippen LogP contribution in [-0.4, -0.2) is 84.9 Å². The van der Waals surface area contributed by atoms with Gasteiger partial charge in [0, 0.05) is 86.3 Å². The van der Waals surface area contributed by atoms with Crippen LogP contribution in [0.4, 0.5) is 0 Å². The van der Waals surface area contributed by atoms with Crippen LogP contribution >= 0.6 is 11.3 Å². The molecule has 0 bridgehead atoms. The number of amides is 1. The first-order chi connectivity index (χ1) is 16.3. The van der Waals surface area contributed by atoms with Gasteiger partial charge < -0.3 is 25.5 Å². The lowest BCUT2D eigenvalue weighted by atomic mass is 9.85. The molecule has 1 aromatic rings. The molecule has 0 aliphatic carbocycles. The van der Waals surface area contributed by atoms with Crippen LogP contribution in [0.1, 0.15) is 54.3 Å². The zero-order valence-corrected chi connectivity index (χ0v) is 21.9. The second-order valence-corrected chi connectivity index (χ2v) is 11.0. The summed E-state index contributed by atoms with van der Waals surface area (Å²) in [4.78, 5) is 19.2. The highest BCUT2D eigenvalue weighted by molar-refractivity contribution is 7.12. The Morgan fingerprint density at radius 1 is 1.44 bits per heavy atom. The van der Waals surface area contributed by atoms with Crippen LogP contribution < -0.4 is 11.6 Å². The minimum absolute atomic E-state index is 0.169. The smallest absolute Gasteiger partial charge is 0.223 e. The molecule has 0 saturated carbocycles. The van der Waals surface area contributed by atoms with Crippen LogP contribution in [0, 0.1) is 5.92 Å². The van der Waals surface area contributed by atoms with Gasteiger partial charge in [0.25, 0.3) is 0 Å². The lowest BCUT2D eigenvalue weighted by Gasteiger charge is -2.38. The molecule has 0 radical (unpaired) electrons. The van der Waals surface area contributed by atoms with E-state index < -0.39 is 0 Å². The number of nitrogens with zero attached hydrogens (tertiary/aromatic N) is 3. The molecule has 0 spiro atoms. The second kappa shape index (κ2) is 12.9. The predicted octanol–water partition coefficient (Wildman–Crippen LogP) is 1.88. The van der Waals surface area contributed by atoms with Crippen molar-refractivity contribution >= 4 is 17.2 Å². The largest absolute Gasteiger partial charge is 0.400 e. The van der Waals surface area contributed by atoms with Crippen molar-refractivity contribution < 1.29 is 14.6 Å². The molecule has 2 saturated heterocycles. The summed E-state index contributed by atoms with van der Waals surface area (Å²) in [5, 5.41) is 11.1. The van der Waals surface area contributed by atoms with Crippen molar-refractivity contribution in [1.82, 2.24) is 14.8 Å². The van der Waals surface area contributed by atoms with Crippen molar-refractivity contribution in [2.24, 2.45) is 17.5 Å². The van der Waals surface area contributed by atoms with Crippen LogP contribution in [0.3, 0.4) is 0 Å². The van der Waals surface area contributed by atoms with Crippen molar-refractivity contribution in [2.75, 3.05) is 53.0 Å². The summed E-state index contributed by atoms with van der Waals surface area (Å²) in [6.45, 7) is 8.88. The number of thiophene rings is 1. The number of aliphatic hydroxyl groups is 1. The molecule has 1 aromatic heterocycles. The molecule has 3 rings (SSSR count). The Balaban J connectivity index is 1.50. The summed E-state index contributed by atoms with van der Waals surface area (Å²) >= 11 is 1.86.